The zero-order valence-corrected chi connectivity index (χ0v) is 6.79. The van der Waals surface area contributed by atoms with Crippen LogP contribution in [0.5, 0.6) is 0 Å². The first kappa shape index (κ1) is 8.49. The molecule has 1 heterocycles. The molecule has 0 aliphatic carbocycles. The van der Waals surface area contributed by atoms with Gasteiger partial charge in [0.25, 0.3) is 0 Å². The first-order valence-corrected chi connectivity index (χ1v) is 3.72. The molecule has 1 unspecified atom stereocenters. The number of hydrogen-bond donors (Lipinski definition) is 1. The monoisotopic (exact) mass is 159 g/mol. The molecule has 0 radical (unpaired) electrons. The first-order valence-electron chi connectivity index (χ1n) is 3.72. The predicted octanol–water partition coefficient (Wildman–Crippen LogP) is -0.116. The highest BCUT2D eigenvalue weighted by Crippen LogP contribution is 1.99. The fraction of sp³-hybridized carbons (Fsp3) is 0.857. The van der Waals surface area contributed by atoms with Gasteiger partial charge >= 0.3 is 5.97 Å². The summed E-state index contributed by atoms with van der Waals surface area (Å²) in [4.78, 5) is 11.1. The van der Waals surface area contributed by atoms with E-state index in [-0.39, 0.29) is 18.1 Å². The summed E-state index contributed by atoms with van der Waals surface area (Å²) in [6.07, 6.45) is -0.0510. The van der Waals surface area contributed by atoms with Crippen LogP contribution in [0.3, 0.4) is 0 Å². The van der Waals surface area contributed by atoms with Crippen molar-refractivity contribution in [1.29, 1.82) is 0 Å². The van der Waals surface area contributed by atoms with Crippen molar-refractivity contribution in [3.05, 3.63) is 0 Å². The molecule has 1 fully saturated rings. The van der Waals surface area contributed by atoms with Crippen molar-refractivity contribution in [2.75, 3.05) is 13.3 Å². The molecule has 0 aromatic carbocycles. The molecule has 1 rings (SSSR count). The zero-order chi connectivity index (χ0) is 8.27. The Bertz CT molecular complexity index is 141. The number of carbonyl (C=O) groups is 1. The van der Waals surface area contributed by atoms with Crippen LogP contribution in [-0.2, 0) is 14.3 Å². The van der Waals surface area contributed by atoms with E-state index in [0.717, 1.165) is 0 Å². The summed E-state index contributed by atoms with van der Waals surface area (Å²) in [7, 11) is 0. The van der Waals surface area contributed by atoms with Crippen LogP contribution in [0, 0.1) is 0 Å². The lowest BCUT2D eigenvalue weighted by molar-refractivity contribution is -0.149. The fourth-order valence-electron chi connectivity index (χ4n) is 0.861. The van der Waals surface area contributed by atoms with Gasteiger partial charge in [-0.15, -0.1) is 0 Å². The van der Waals surface area contributed by atoms with Crippen molar-refractivity contribution in [3.8, 4) is 0 Å². The normalized spacial score (nSPS) is 24.1. The van der Waals surface area contributed by atoms with E-state index in [0.29, 0.717) is 13.3 Å². The minimum atomic E-state index is -0.266. The van der Waals surface area contributed by atoms with Crippen molar-refractivity contribution in [1.82, 2.24) is 5.32 Å². The number of esters is 1. The maximum Gasteiger partial charge on any atom is 0.325 e. The van der Waals surface area contributed by atoms with Crippen LogP contribution in [0.2, 0.25) is 0 Å². The Morgan fingerprint density at radius 3 is 2.91 bits per heavy atom. The lowest BCUT2D eigenvalue weighted by atomic mass is 10.3. The molecule has 0 saturated carbocycles. The van der Waals surface area contributed by atoms with Crippen LogP contribution >= 0.6 is 0 Å². The van der Waals surface area contributed by atoms with E-state index < -0.39 is 0 Å². The smallest absolute Gasteiger partial charge is 0.325 e. The minimum Gasteiger partial charge on any atom is -0.462 e. The first-order chi connectivity index (χ1) is 5.20. The summed E-state index contributed by atoms with van der Waals surface area (Å²) in [6, 6.07) is -0.266. The van der Waals surface area contributed by atoms with E-state index in [1.807, 2.05) is 13.8 Å². The second kappa shape index (κ2) is 3.69. The van der Waals surface area contributed by atoms with Gasteiger partial charge in [0.15, 0.2) is 0 Å². The Morgan fingerprint density at radius 2 is 2.45 bits per heavy atom. The molecule has 4 heteroatoms. The summed E-state index contributed by atoms with van der Waals surface area (Å²) in [6.45, 7) is 4.52. The van der Waals surface area contributed by atoms with Gasteiger partial charge in [0, 0.05) is 0 Å². The second-order valence-corrected chi connectivity index (χ2v) is 2.76. The van der Waals surface area contributed by atoms with E-state index in [1.165, 1.54) is 0 Å². The van der Waals surface area contributed by atoms with E-state index in [4.69, 9.17) is 9.47 Å². The Hall–Kier alpha value is -0.610. The summed E-state index contributed by atoms with van der Waals surface area (Å²) in [5.41, 5.74) is 0. The summed E-state index contributed by atoms with van der Waals surface area (Å²) in [5.74, 6) is -0.225. The Kier molecular flexibility index (Phi) is 2.84. The third-order valence-electron chi connectivity index (χ3n) is 1.35. The Labute approximate surface area is 65.9 Å². The van der Waals surface area contributed by atoms with Crippen LogP contribution in [0.25, 0.3) is 0 Å². The van der Waals surface area contributed by atoms with Gasteiger partial charge in [0.05, 0.1) is 19.4 Å². The molecule has 11 heavy (non-hydrogen) atoms. The molecule has 1 atom stereocenters. The highest BCUT2D eigenvalue weighted by atomic mass is 16.6. The molecule has 4 nitrogen and oxygen atoms in total. The predicted molar refractivity (Wildman–Crippen MR) is 39.0 cm³/mol. The van der Waals surface area contributed by atoms with E-state index in [2.05, 4.69) is 5.32 Å². The van der Waals surface area contributed by atoms with E-state index >= 15 is 0 Å². The van der Waals surface area contributed by atoms with Gasteiger partial charge in [-0.1, -0.05) is 0 Å². The van der Waals surface area contributed by atoms with Crippen molar-refractivity contribution < 1.29 is 14.3 Å². The van der Waals surface area contributed by atoms with E-state index in [9.17, 15) is 4.79 Å². The highest BCUT2D eigenvalue weighted by molar-refractivity contribution is 5.76. The summed E-state index contributed by atoms with van der Waals surface area (Å²) >= 11 is 0. The number of hydrogen-bond acceptors (Lipinski definition) is 4. The highest BCUT2D eigenvalue weighted by Gasteiger charge is 2.24. The standard InChI is InChI=1S/C7H13NO3/c1-5(2)11-7(9)6-3-10-4-8-6/h5-6,8H,3-4H2,1-2H3. The van der Waals surface area contributed by atoms with Gasteiger partial charge in [-0.2, -0.15) is 0 Å². The Balaban J connectivity index is 2.28. The topological polar surface area (TPSA) is 47.6 Å². The van der Waals surface area contributed by atoms with Crippen LogP contribution in [0.1, 0.15) is 13.8 Å². The number of nitrogens with one attached hydrogen (secondary N) is 1. The van der Waals surface area contributed by atoms with Crippen molar-refractivity contribution >= 4 is 5.97 Å². The number of ether oxygens (including phenoxy) is 2. The molecular weight excluding hydrogens is 146 g/mol. The van der Waals surface area contributed by atoms with Gasteiger partial charge in [-0.3, -0.25) is 10.1 Å². The van der Waals surface area contributed by atoms with Gasteiger partial charge in [0.1, 0.15) is 6.04 Å². The van der Waals surface area contributed by atoms with Crippen molar-refractivity contribution in [2.24, 2.45) is 0 Å². The van der Waals surface area contributed by atoms with Crippen LogP contribution in [0.15, 0.2) is 0 Å². The largest absolute Gasteiger partial charge is 0.462 e. The quantitative estimate of drug-likeness (QED) is 0.571. The summed E-state index contributed by atoms with van der Waals surface area (Å²) < 4.78 is 9.90. The molecule has 0 bridgehead atoms. The average Bonchev–Trinajstić information content (AvgIpc) is 2.35. The van der Waals surface area contributed by atoms with Gasteiger partial charge in [-0.05, 0) is 13.8 Å². The Morgan fingerprint density at radius 1 is 1.73 bits per heavy atom. The van der Waals surface area contributed by atoms with Crippen molar-refractivity contribution in [3.63, 3.8) is 0 Å². The lowest BCUT2D eigenvalue weighted by Crippen LogP contribution is -2.35. The summed E-state index contributed by atoms with van der Waals surface area (Å²) in [5, 5.41) is 2.86. The fourth-order valence-corrected chi connectivity index (χ4v) is 0.861. The third-order valence-corrected chi connectivity index (χ3v) is 1.35. The SMILES string of the molecule is CC(C)OC(=O)C1COCN1. The number of carbonyl (C=O) groups excluding carboxylic acids is 1. The molecule has 0 aromatic heterocycles. The molecule has 1 N–H and O–H groups in total. The molecule has 0 aromatic rings. The molecular formula is C7H13NO3. The second-order valence-electron chi connectivity index (χ2n) is 2.76. The molecule has 0 amide bonds. The van der Waals surface area contributed by atoms with Gasteiger partial charge in [-0.25, -0.2) is 0 Å². The van der Waals surface area contributed by atoms with Crippen LogP contribution < -0.4 is 5.32 Å². The van der Waals surface area contributed by atoms with Crippen LogP contribution in [-0.4, -0.2) is 31.5 Å². The molecule has 1 aliphatic rings. The van der Waals surface area contributed by atoms with Gasteiger partial charge < -0.3 is 9.47 Å². The van der Waals surface area contributed by atoms with Crippen LogP contribution in [0.4, 0.5) is 0 Å². The lowest BCUT2D eigenvalue weighted by Gasteiger charge is -2.11. The van der Waals surface area contributed by atoms with E-state index in [1.54, 1.807) is 0 Å². The maximum atomic E-state index is 11.1. The minimum absolute atomic E-state index is 0.0510. The zero-order valence-electron chi connectivity index (χ0n) is 6.79. The maximum absolute atomic E-state index is 11.1. The molecule has 1 aliphatic heterocycles. The molecule has 0 spiro atoms. The average molecular weight is 159 g/mol. The van der Waals surface area contributed by atoms with Crippen molar-refractivity contribution in [2.45, 2.75) is 26.0 Å². The molecule has 1 saturated heterocycles. The third kappa shape index (κ3) is 2.48. The number of rotatable bonds is 2. The van der Waals surface area contributed by atoms with Gasteiger partial charge in [0.2, 0.25) is 0 Å². The molecule has 64 valence electrons.